The number of nitrogens with zero attached hydrogens (tertiary/aromatic N) is 6. The number of hydrogen-bond donors (Lipinski definition) is 3. The van der Waals surface area contributed by atoms with Crippen LogP contribution in [0.1, 0.15) is 123 Å². The molecule has 14 heteroatoms. The summed E-state index contributed by atoms with van der Waals surface area (Å²) in [7, 11) is 0. The lowest BCUT2D eigenvalue weighted by atomic mass is 10.1. The normalized spacial score (nSPS) is 14.8. The summed E-state index contributed by atoms with van der Waals surface area (Å²) in [5.41, 5.74) is 9.33. The van der Waals surface area contributed by atoms with Crippen molar-refractivity contribution < 1.29 is 14.3 Å². The van der Waals surface area contributed by atoms with Crippen LogP contribution in [0.25, 0.3) is 22.3 Å². The summed E-state index contributed by atoms with van der Waals surface area (Å²) < 4.78 is 15.3. The van der Waals surface area contributed by atoms with Gasteiger partial charge in [-0.2, -0.15) is 9.97 Å². The smallest absolute Gasteiger partial charge is 0.307 e. The number of ether oxygens (including phenoxy) is 2. The van der Waals surface area contributed by atoms with E-state index in [-0.39, 0.29) is 28.4 Å². The molecule has 14 nitrogen and oxygen atoms in total. The van der Waals surface area contributed by atoms with Crippen molar-refractivity contribution >= 4 is 28.2 Å². The molecule has 4 heterocycles. The second-order valence-corrected chi connectivity index (χ2v) is 14.6. The predicted molar refractivity (Wildman–Crippen MR) is 210 cm³/mol. The van der Waals surface area contributed by atoms with E-state index in [1.165, 1.54) is 35.8 Å². The Bertz CT molecular complexity index is 2450. The average molecular weight is 748 g/mol. The van der Waals surface area contributed by atoms with Crippen molar-refractivity contribution in [3.63, 3.8) is 0 Å². The number of hydrogen-bond acceptors (Lipinski definition) is 9. The van der Waals surface area contributed by atoms with Crippen molar-refractivity contribution in [1.29, 1.82) is 0 Å². The number of rotatable bonds is 11. The number of aromatic amines is 2. The van der Waals surface area contributed by atoms with Crippen LogP contribution >= 0.6 is 0 Å². The third-order valence-corrected chi connectivity index (χ3v) is 10.6. The quantitative estimate of drug-likeness (QED) is 0.119. The molecule has 1 amide bonds. The summed E-state index contributed by atoms with van der Waals surface area (Å²) in [6.07, 6.45) is 10.8. The molecule has 0 bridgehead atoms. The van der Waals surface area contributed by atoms with Gasteiger partial charge in [-0.3, -0.25) is 23.5 Å². The highest BCUT2D eigenvalue weighted by molar-refractivity contribution is 5.95. The van der Waals surface area contributed by atoms with Crippen LogP contribution in [0.15, 0.2) is 52.1 Å². The van der Waals surface area contributed by atoms with Gasteiger partial charge in [0.15, 0.2) is 22.3 Å². The Morgan fingerprint density at radius 2 is 1.38 bits per heavy atom. The van der Waals surface area contributed by atoms with Crippen LogP contribution in [0.3, 0.4) is 0 Å². The molecule has 0 aliphatic heterocycles. The van der Waals surface area contributed by atoms with Crippen molar-refractivity contribution in [2.24, 2.45) is 5.73 Å². The zero-order valence-electron chi connectivity index (χ0n) is 32.0. The van der Waals surface area contributed by atoms with Gasteiger partial charge in [0.05, 0.1) is 5.56 Å². The van der Waals surface area contributed by atoms with Gasteiger partial charge in [-0.25, -0.2) is 9.97 Å². The zero-order chi connectivity index (χ0) is 38.6. The molecule has 8 rings (SSSR count). The molecule has 0 unspecified atom stereocenters. The maximum absolute atomic E-state index is 13.1. The Kier molecular flexibility index (Phi) is 11.1. The van der Waals surface area contributed by atoms with Gasteiger partial charge in [-0.05, 0) is 87.8 Å². The van der Waals surface area contributed by atoms with Crippen LogP contribution in [-0.2, 0) is 13.1 Å². The van der Waals surface area contributed by atoms with E-state index in [1.54, 1.807) is 24.3 Å². The highest BCUT2D eigenvalue weighted by Gasteiger charge is 2.25. The molecular weight excluding hydrogens is 699 g/mol. The minimum atomic E-state index is -0.607. The fourth-order valence-electron chi connectivity index (χ4n) is 7.53. The number of nitrogens with one attached hydrogen (secondary N) is 2. The van der Waals surface area contributed by atoms with E-state index in [0.29, 0.717) is 59.0 Å². The number of benzene rings is 2. The molecule has 4 aromatic heterocycles. The molecule has 0 spiro atoms. The number of H-pyrrole nitrogens is 2. The Morgan fingerprint density at radius 3 is 2.04 bits per heavy atom. The summed E-state index contributed by atoms with van der Waals surface area (Å²) >= 11 is 0. The highest BCUT2D eigenvalue weighted by atomic mass is 16.5. The van der Waals surface area contributed by atoms with E-state index in [4.69, 9.17) is 20.2 Å². The molecule has 0 saturated heterocycles. The van der Waals surface area contributed by atoms with Gasteiger partial charge in [0.1, 0.15) is 23.1 Å². The van der Waals surface area contributed by atoms with E-state index in [2.05, 4.69) is 38.8 Å². The zero-order valence-corrected chi connectivity index (χ0v) is 32.0. The van der Waals surface area contributed by atoms with Gasteiger partial charge in [-0.15, -0.1) is 0 Å². The number of primary amides is 1. The summed E-state index contributed by atoms with van der Waals surface area (Å²) in [5.74, 6) is 2.82. The molecular formula is C41H49N9O5. The lowest BCUT2D eigenvalue weighted by Crippen LogP contribution is -2.23. The largest absolute Gasteiger partial charge is 0.425 e. The Balaban J connectivity index is 0.000000169. The van der Waals surface area contributed by atoms with Crippen molar-refractivity contribution in [1.82, 2.24) is 39.0 Å². The molecule has 2 aromatic carbocycles. The Labute approximate surface area is 318 Å². The van der Waals surface area contributed by atoms with Crippen LogP contribution in [0.4, 0.5) is 0 Å². The molecule has 2 aliphatic carbocycles. The number of fused-ring (bicyclic) bond motifs is 2. The maximum atomic E-state index is 13.1. The highest BCUT2D eigenvalue weighted by Crippen LogP contribution is 2.35. The van der Waals surface area contributed by atoms with Gasteiger partial charge in [0.2, 0.25) is 0 Å². The fourth-order valence-corrected chi connectivity index (χ4v) is 7.53. The van der Waals surface area contributed by atoms with Crippen molar-refractivity contribution in [2.75, 3.05) is 0 Å². The minimum Gasteiger partial charge on any atom is -0.425 e. The first kappa shape index (κ1) is 37.5. The summed E-state index contributed by atoms with van der Waals surface area (Å²) in [6, 6.07) is 12.9. The van der Waals surface area contributed by atoms with E-state index in [9.17, 15) is 14.4 Å². The van der Waals surface area contributed by atoms with Crippen LogP contribution in [-0.4, -0.2) is 44.9 Å². The first-order valence-corrected chi connectivity index (χ1v) is 19.5. The molecule has 288 valence electrons. The molecule has 2 fully saturated rings. The number of amides is 1. The summed E-state index contributed by atoms with van der Waals surface area (Å²) in [6.45, 7) is 9.29. The fraction of sp³-hybridized carbons (Fsp3) is 0.439. The molecule has 6 aromatic rings. The lowest BCUT2D eigenvalue weighted by molar-refractivity contribution is 0.0997. The van der Waals surface area contributed by atoms with E-state index < -0.39 is 5.91 Å². The molecule has 4 N–H and O–H groups in total. The average Bonchev–Trinajstić information content (AvgIpc) is 4.01. The number of aryl methyl sites for hydroxylation is 3. The number of aromatic nitrogens is 8. The van der Waals surface area contributed by atoms with Gasteiger partial charge in [0, 0.05) is 24.9 Å². The van der Waals surface area contributed by atoms with Crippen molar-refractivity contribution in [3.05, 3.63) is 91.5 Å². The minimum absolute atomic E-state index is 0.109. The summed E-state index contributed by atoms with van der Waals surface area (Å²) in [4.78, 5) is 61.9. The van der Waals surface area contributed by atoms with Gasteiger partial charge < -0.3 is 25.2 Å². The van der Waals surface area contributed by atoms with Crippen LogP contribution in [0.5, 0.6) is 23.5 Å². The van der Waals surface area contributed by atoms with Crippen LogP contribution in [0, 0.1) is 13.8 Å². The number of para-hydroxylation sites is 1. The molecule has 0 radical (unpaired) electrons. The van der Waals surface area contributed by atoms with Crippen molar-refractivity contribution in [2.45, 2.75) is 117 Å². The molecule has 0 atom stereocenters. The standard InChI is InChI=1S/C21H26N4O2.C20H23N5O3/c1-4-11-25-19-17(22-18(23-19)15-7-5-6-8-15)20(26)24-21(25)27-16-10-9-13(2)14(3)12-16;1-2-11-25-19(27)15-18(23-17(22-15)12-7-3-4-8-12)24-20(25)28-14-10-6-5-9-13(14)16(21)26/h9-10,12,15H,4-8,11H2,1-3H3,(H,22,23);5-6,9-10,12H,2-4,7-8,11H2,1H3,(H2,21,26)(H,22,23). The number of imidazole rings is 2. The second kappa shape index (κ2) is 16.3. The van der Waals surface area contributed by atoms with E-state index in [1.807, 2.05) is 36.6 Å². The molecule has 2 saturated carbocycles. The number of carbonyl (C=O) groups excluding carboxylic acids is 1. The number of nitrogens with two attached hydrogens (primary N) is 1. The van der Waals surface area contributed by atoms with Gasteiger partial charge >= 0.3 is 17.6 Å². The SMILES string of the molecule is CCCn1c(Oc2ccc(C)c(C)c2)nc(=O)c2[nH]c(C3CCCC3)nc21.CCCn1c(Oc2ccccc2C(N)=O)nc2nc(C3CCCC3)[nH]c2c1=O. The number of carbonyl (C=O) groups is 1. The Morgan fingerprint density at radius 1 is 0.764 bits per heavy atom. The monoisotopic (exact) mass is 747 g/mol. The Hall–Kier alpha value is -5.79. The topological polar surface area (TPSA) is 189 Å². The first-order valence-electron chi connectivity index (χ1n) is 19.5. The maximum Gasteiger partial charge on any atom is 0.307 e. The third kappa shape index (κ3) is 7.89. The van der Waals surface area contributed by atoms with Gasteiger partial charge in [0.25, 0.3) is 11.5 Å². The molecule has 55 heavy (non-hydrogen) atoms. The molecule has 2 aliphatic rings. The van der Waals surface area contributed by atoms with E-state index in [0.717, 1.165) is 55.7 Å². The van der Waals surface area contributed by atoms with Crippen LogP contribution in [0.2, 0.25) is 0 Å². The van der Waals surface area contributed by atoms with Crippen LogP contribution < -0.4 is 26.3 Å². The lowest BCUT2D eigenvalue weighted by Gasteiger charge is -2.13. The summed E-state index contributed by atoms with van der Waals surface area (Å²) in [5, 5.41) is 0. The first-order chi connectivity index (χ1) is 26.6. The second-order valence-electron chi connectivity index (χ2n) is 14.6. The van der Waals surface area contributed by atoms with Crippen molar-refractivity contribution in [3.8, 4) is 23.5 Å². The predicted octanol–water partition coefficient (Wildman–Crippen LogP) is 7.67. The van der Waals surface area contributed by atoms with Gasteiger partial charge in [-0.1, -0.05) is 57.7 Å². The third-order valence-electron chi connectivity index (χ3n) is 10.6. The van der Waals surface area contributed by atoms with E-state index >= 15 is 0 Å².